The number of rotatable bonds is 2. The molecule has 0 atom stereocenters. The van der Waals surface area contributed by atoms with Gasteiger partial charge in [-0.1, -0.05) is 30.2 Å². The molecule has 0 saturated carbocycles. The first kappa shape index (κ1) is 14.2. The summed E-state index contributed by atoms with van der Waals surface area (Å²) in [6, 6.07) is 8.46. The average molecular weight is 282 g/mol. The van der Waals surface area contributed by atoms with Gasteiger partial charge >= 0.3 is 0 Å². The van der Waals surface area contributed by atoms with E-state index < -0.39 is 0 Å². The van der Waals surface area contributed by atoms with Crippen molar-refractivity contribution in [3.8, 4) is 12.3 Å². The SMILES string of the molecule is C#CCN1CCC(C(=O)N2CCc3ccccc3C2)CC1. The number of fused-ring (bicyclic) bond motifs is 1. The number of terminal acetylenes is 1. The number of hydrogen-bond donors (Lipinski definition) is 0. The maximum atomic E-state index is 12.7. The zero-order chi connectivity index (χ0) is 14.7. The second kappa shape index (κ2) is 6.32. The Morgan fingerprint density at radius 3 is 2.62 bits per heavy atom. The fraction of sp³-hybridized carbons (Fsp3) is 0.500. The molecule has 3 heteroatoms. The molecule has 0 N–H and O–H groups in total. The molecule has 0 aliphatic carbocycles. The van der Waals surface area contributed by atoms with Crippen LogP contribution in [0.25, 0.3) is 0 Å². The second-order valence-corrected chi connectivity index (χ2v) is 6.03. The van der Waals surface area contributed by atoms with Crippen LogP contribution in [0.3, 0.4) is 0 Å². The van der Waals surface area contributed by atoms with Crippen molar-refractivity contribution in [3.63, 3.8) is 0 Å². The molecule has 0 radical (unpaired) electrons. The molecule has 1 aromatic carbocycles. The van der Waals surface area contributed by atoms with Crippen LogP contribution in [-0.2, 0) is 17.8 Å². The minimum absolute atomic E-state index is 0.185. The molecule has 1 aromatic rings. The Hall–Kier alpha value is -1.79. The molecule has 0 unspecified atom stereocenters. The van der Waals surface area contributed by atoms with Gasteiger partial charge in [-0.3, -0.25) is 9.69 Å². The van der Waals surface area contributed by atoms with Gasteiger partial charge in [0, 0.05) is 19.0 Å². The van der Waals surface area contributed by atoms with E-state index in [1.807, 2.05) is 4.90 Å². The lowest BCUT2D eigenvalue weighted by atomic mass is 9.93. The number of carbonyl (C=O) groups excluding carboxylic acids is 1. The van der Waals surface area contributed by atoms with Crippen LogP contribution in [0.4, 0.5) is 0 Å². The number of carbonyl (C=O) groups is 1. The van der Waals surface area contributed by atoms with Crippen LogP contribution < -0.4 is 0 Å². The van der Waals surface area contributed by atoms with E-state index in [4.69, 9.17) is 6.42 Å². The fourth-order valence-electron chi connectivity index (χ4n) is 3.41. The van der Waals surface area contributed by atoms with Crippen LogP contribution in [-0.4, -0.2) is 41.9 Å². The maximum absolute atomic E-state index is 12.7. The summed E-state index contributed by atoms with van der Waals surface area (Å²) in [5, 5.41) is 0. The van der Waals surface area contributed by atoms with E-state index in [2.05, 4.69) is 35.1 Å². The summed E-state index contributed by atoms with van der Waals surface area (Å²) in [6.45, 7) is 4.24. The van der Waals surface area contributed by atoms with Crippen LogP contribution in [0.5, 0.6) is 0 Å². The summed E-state index contributed by atoms with van der Waals surface area (Å²) in [7, 11) is 0. The Labute approximate surface area is 126 Å². The van der Waals surface area contributed by atoms with Crippen LogP contribution in [0.1, 0.15) is 24.0 Å². The monoisotopic (exact) mass is 282 g/mol. The lowest BCUT2D eigenvalue weighted by molar-refractivity contribution is -0.138. The van der Waals surface area contributed by atoms with E-state index in [0.717, 1.165) is 45.4 Å². The van der Waals surface area contributed by atoms with Crippen LogP contribution in [0.2, 0.25) is 0 Å². The third-order valence-electron chi connectivity index (χ3n) is 4.69. The number of piperidine rings is 1. The number of amides is 1. The Kier molecular flexibility index (Phi) is 4.26. The molecule has 0 bridgehead atoms. The van der Waals surface area contributed by atoms with Gasteiger partial charge in [0.15, 0.2) is 0 Å². The van der Waals surface area contributed by atoms with Gasteiger partial charge in [-0.25, -0.2) is 0 Å². The highest BCUT2D eigenvalue weighted by molar-refractivity contribution is 5.79. The standard InChI is InChI=1S/C18H22N2O/c1-2-10-19-11-7-16(8-12-19)18(21)20-13-9-15-5-3-4-6-17(15)14-20/h1,3-6,16H,7-14H2. The van der Waals surface area contributed by atoms with Gasteiger partial charge in [0.2, 0.25) is 5.91 Å². The molecule has 110 valence electrons. The normalized spacial score (nSPS) is 19.9. The predicted molar refractivity (Wildman–Crippen MR) is 83.6 cm³/mol. The van der Waals surface area contributed by atoms with Crippen LogP contribution >= 0.6 is 0 Å². The first-order chi connectivity index (χ1) is 10.3. The van der Waals surface area contributed by atoms with Crippen molar-refractivity contribution in [1.82, 2.24) is 9.80 Å². The van der Waals surface area contributed by atoms with Gasteiger partial charge in [-0.2, -0.15) is 0 Å². The maximum Gasteiger partial charge on any atom is 0.226 e. The molecular weight excluding hydrogens is 260 g/mol. The van der Waals surface area contributed by atoms with E-state index in [1.165, 1.54) is 11.1 Å². The summed E-state index contributed by atoms with van der Waals surface area (Å²) in [5.74, 6) is 3.21. The van der Waals surface area contributed by atoms with E-state index in [-0.39, 0.29) is 5.92 Å². The quantitative estimate of drug-likeness (QED) is 0.774. The molecule has 3 rings (SSSR count). The number of likely N-dealkylation sites (tertiary alicyclic amines) is 1. The van der Waals surface area contributed by atoms with Gasteiger partial charge in [0.05, 0.1) is 6.54 Å². The minimum Gasteiger partial charge on any atom is -0.338 e. The molecular formula is C18H22N2O. The molecule has 0 spiro atoms. The molecule has 1 amide bonds. The lowest BCUT2D eigenvalue weighted by Crippen LogP contribution is -2.44. The molecule has 2 heterocycles. The Morgan fingerprint density at radius 2 is 1.90 bits per heavy atom. The fourth-order valence-corrected chi connectivity index (χ4v) is 3.41. The summed E-state index contributed by atoms with van der Waals surface area (Å²) < 4.78 is 0. The van der Waals surface area contributed by atoms with Crippen molar-refractivity contribution in [2.75, 3.05) is 26.2 Å². The highest BCUT2D eigenvalue weighted by Crippen LogP contribution is 2.24. The van der Waals surface area contributed by atoms with Gasteiger partial charge in [0.1, 0.15) is 0 Å². The second-order valence-electron chi connectivity index (χ2n) is 6.03. The van der Waals surface area contributed by atoms with Crippen LogP contribution in [0, 0.1) is 18.3 Å². The first-order valence-corrected chi connectivity index (χ1v) is 7.79. The van der Waals surface area contributed by atoms with Crippen molar-refractivity contribution < 1.29 is 4.79 Å². The van der Waals surface area contributed by atoms with Crippen LogP contribution in [0.15, 0.2) is 24.3 Å². The summed E-state index contributed by atoms with van der Waals surface area (Å²) in [6.07, 6.45) is 8.22. The van der Waals surface area contributed by atoms with Gasteiger partial charge < -0.3 is 4.90 Å². The van der Waals surface area contributed by atoms with Crippen molar-refractivity contribution in [2.24, 2.45) is 5.92 Å². The summed E-state index contributed by atoms with van der Waals surface area (Å²) >= 11 is 0. The Bertz CT molecular complexity index is 553. The summed E-state index contributed by atoms with van der Waals surface area (Å²) in [5.41, 5.74) is 2.70. The molecule has 2 aliphatic heterocycles. The highest BCUT2D eigenvalue weighted by atomic mass is 16.2. The van der Waals surface area contributed by atoms with Crippen molar-refractivity contribution in [3.05, 3.63) is 35.4 Å². The average Bonchev–Trinajstić information content (AvgIpc) is 2.55. The van der Waals surface area contributed by atoms with E-state index in [1.54, 1.807) is 0 Å². The predicted octanol–water partition coefficient (Wildman–Crippen LogP) is 1.92. The Balaban J connectivity index is 1.59. The van der Waals surface area contributed by atoms with Crippen molar-refractivity contribution >= 4 is 5.91 Å². The molecule has 1 saturated heterocycles. The third-order valence-corrected chi connectivity index (χ3v) is 4.69. The van der Waals surface area contributed by atoms with E-state index in [0.29, 0.717) is 12.5 Å². The lowest BCUT2D eigenvalue weighted by Gasteiger charge is -2.35. The molecule has 1 fully saturated rings. The minimum atomic E-state index is 0.185. The topological polar surface area (TPSA) is 23.6 Å². The molecule has 3 nitrogen and oxygen atoms in total. The zero-order valence-electron chi connectivity index (χ0n) is 12.4. The van der Waals surface area contributed by atoms with E-state index in [9.17, 15) is 4.79 Å². The smallest absolute Gasteiger partial charge is 0.226 e. The summed E-state index contributed by atoms with van der Waals surface area (Å²) in [4.78, 5) is 17.0. The Morgan fingerprint density at radius 1 is 1.19 bits per heavy atom. The van der Waals surface area contributed by atoms with Crippen molar-refractivity contribution in [1.29, 1.82) is 0 Å². The number of benzene rings is 1. The molecule has 2 aliphatic rings. The largest absolute Gasteiger partial charge is 0.338 e. The third kappa shape index (κ3) is 3.11. The van der Waals surface area contributed by atoms with Gasteiger partial charge in [-0.15, -0.1) is 6.42 Å². The van der Waals surface area contributed by atoms with Gasteiger partial charge in [-0.05, 0) is 43.5 Å². The number of nitrogens with zero attached hydrogens (tertiary/aromatic N) is 2. The number of hydrogen-bond acceptors (Lipinski definition) is 2. The van der Waals surface area contributed by atoms with E-state index >= 15 is 0 Å². The molecule has 0 aromatic heterocycles. The first-order valence-electron chi connectivity index (χ1n) is 7.79. The van der Waals surface area contributed by atoms with Crippen molar-refractivity contribution in [2.45, 2.75) is 25.8 Å². The highest BCUT2D eigenvalue weighted by Gasteiger charge is 2.29. The molecule has 21 heavy (non-hydrogen) atoms. The van der Waals surface area contributed by atoms with Gasteiger partial charge in [0.25, 0.3) is 0 Å². The zero-order valence-corrected chi connectivity index (χ0v) is 12.4.